The number of carbonyl (C=O) groups is 2. The van der Waals surface area contributed by atoms with Gasteiger partial charge in [-0.3, -0.25) is 4.79 Å². The van der Waals surface area contributed by atoms with Crippen molar-refractivity contribution < 1.29 is 24.5 Å². The molecule has 0 saturated carbocycles. The van der Waals surface area contributed by atoms with Gasteiger partial charge < -0.3 is 19.8 Å². The maximum absolute atomic E-state index is 12.4. The minimum Gasteiger partial charge on any atom is -0.504 e. The molecule has 1 heterocycles. The number of hydrogen-bond donors (Lipinski definition) is 2. The number of aromatic hydroxyl groups is 2. The number of amides is 1. The maximum atomic E-state index is 12.4. The first kappa shape index (κ1) is 14.2. The van der Waals surface area contributed by atoms with Gasteiger partial charge in [-0.15, -0.1) is 0 Å². The van der Waals surface area contributed by atoms with Gasteiger partial charge in [0.05, 0.1) is 7.11 Å². The fourth-order valence-electron chi connectivity index (χ4n) is 2.38. The number of phenolic OH excluding ortho intramolecular Hbond substituents is 2. The predicted molar refractivity (Wildman–Crippen MR) is 70.5 cm³/mol. The first-order valence-corrected chi connectivity index (χ1v) is 6.45. The zero-order valence-corrected chi connectivity index (χ0v) is 11.2. The fraction of sp³-hybridized carbons (Fsp3) is 0.429. The highest BCUT2D eigenvalue weighted by molar-refractivity contribution is 5.97. The Bertz CT molecular complexity index is 528. The Balaban J connectivity index is 2.25. The Labute approximate surface area is 116 Å². The van der Waals surface area contributed by atoms with E-state index >= 15 is 0 Å². The Hall–Kier alpha value is -2.24. The van der Waals surface area contributed by atoms with Crippen LogP contribution in [0.3, 0.4) is 0 Å². The summed E-state index contributed by atoms with van der Waals surface area (Å²) in [5.74, 6) is -1.43. The monoisotopic (exact) mass is 279 g/mol. The average molecular weight is 279 g/mol. The van der Waals surface area contributed by atoms with Crippen LogP contribution in [0.4, 0.5) is 0 Å². The number of esters is 1. The summed E-state index contributed by atoms with van der Waals surface area (Å²) in [4.78, 5) is 25.6. The summed E-state index contributed by atoms with van der Waals surface area (Å²) in [5.41, 5.74) is 0.233. The lowest BCUT2D eigenvalue weighted by molar-refractivity contribution is -0.147. The minimum atomic E-state index is -0.586. The number of carbonyl (C=O) groups excluding carboxylic acids is 2. The fourth-order valence-corrected chi connectivity index (χ4v) is 2.38. The van der Waals surface area contributed by atoms with Crippen LogP contribution in [0.25, 0.3) is 0 Å². The van der Waals surface area contributed by atoms with E-state index in [1.165, 1.54) is 30.2 Å². The molecule has 108 valence electrons. The number of likely N-dealkylation sites (tertiary alicyclic amines) is 1. The number of hydrogen-bond acceptors (Lipinski definition) is 5. The Kier molecular flexibility index (Phi) is 4.12. The van der Waals surface area contributed by atoms with Crippen molar-refractivity contribution >= 4 is 11.9 Å². The average Bonchev–Trinajstić information content (AvgIpc) is 2.48. The van der Waals surface area contributed by atoms with Crippen LogP contribution in [0.2, 0.25) is 0 Å². The van der Waals surface area contributed by atoms with E-state index < -0.39 is 12.0 Å². The summed E-state index contributed by atoms with van der Waals surface area (Å²) < 4.78 is 4.73. The molecule has 0 radical (unpaired) electrons. The number of methoxy groups -OCH3 is 1. The van der Waals surface area contributed by atoms with Gasteiger partial charge >= 0.3 is 5.97 Å². The first-order chi connectivity index (χ1) is 9.54. The topological polar surface area (TPSA) is 87.1 Å². The summed E-state index contributed by atoms with van der Waals surface area (Å²) >= 11 is 0. The van der Waals surface area contributed by atoms with Crippen LogP contribution in [0.1, 0.15) is 29.6 Å². The van der Waals surface area contributed by atoms with Crippen molar-refractivity contribution in [1.82, 2.24) is 4.90 Å². The van der Waals surface area contributed by atoms with Gasteiger partial charge in [-0.05, 0) is 37.5 Å². The van der Waals surface area contributed by atoms with E-state index in [-0.39, 0.29) is 23.0 Å². The van der Waals surface area contributed by atoms with E-state index in [1.54, 1.807) is 0 Å². The second-order valence-corrected chi connectivity index (χ2v) is 4.74. The molecular formula is C14H17NO5. The van der Waals surface area contributed by atoms with E-state index in [4.69, 9.17) is 4.74 Å². The lowest BCUT2D eigenvalue weighted by atomic mass is 10.0. The molecule has 1 aromatic carbocycles. The van der Waals surface area contributed by atoms with E-state index in [0.29, 0.717) is 13.0 Å². The van der Waals surface area contributed by atoms with Crippen molar-refractivity contribution in [3.05, 3.63) is 23.8 Å². The van der Waals surface area contributed by atoms with Crippen LogP contribution in [0.5, 0.6) is 11.5 Å². The zero-order valence-electron chi connectivity index (χ0n) is 11.2. The third-order valence-electron chi connectivity index (χ3n) is 3.46. The molecule has 0 spiro atoms. The highest BCUT2D eigenvalue weighted by atomic mass is 16.5. The van der Waals surface area contributed by atoms with Crippen molar-refractivity contribution in [2.45, 2.75) is 25.3 Å². The molecule has 6 nitrogen and oxygen atoms in total. The van der Waals surface area contributed by atoms with Crippen LogP contribution in [0.15, 0.2) is 18.2 Å². The van der Waals surface area contributed by atoms with E-state index in [9.17, 15) is 19.8 Å². The highest BCUT2D eigenvalue weighted by Gasteiger charge is 2.33. The SMILES string of the molecule is COC(=O)[C@H]1CCCCN1C(=O)c1ccc(O)c(O)c1. The molecule has 0 bridgehead atoms. The van der Waals surface area contributed by atoms with Crippen LogP contribution >= 0.6 is 0 Å². The van der Waals surface area contributed by atoms with Crippen molar-refractivity contribution in [1.29, 1.82) is 0 Å². The summed E-state index contributed by atoms with van der Waals surface area (Å²) in [5, 5.41) is 18.7. The second-order valence-electron chi connectivity index (χ2n) is 4.74. The molecular weight excluding hydrogens is 262 g/mol. The molecule has 2 N–H and O–H groups in total. The van der Waals surface area contributed by atoms with Crippen LogP contribution < -0.4 is 0 Å². The molecule has 1 aliphatic heterocycles. The molecule has 1 fully saturated rings. The molecule has 0 aliphatic carbocycles. The molecule has 6 heteroatoms. The summed E-state index contributed by atoms with van der Waals surface area (Å²) in [7, 11) is 1.30. The summed E-state index contributed by atoms with van der Waals surface area (Å²) in [6.45, 7) is 0.472. The van der Waals surface area contributed by atoms with E-state index in [0.717, 1.165) is 12.8 Å². The molecule has 1 aliphatic rings. The van der Waals surface area contributed by atoms with Crippen LogP contribution in [-0.4, -0.2) is 46.7 Å². The molecule has 1 amide bonds. The van der Waals surface area contributed by atoms with Gasteiger partial charge in [-0.1, -0.05) is 0 Å². The summed E-state index contributed by atoms with van der Waals surface area (Å²) in [6, 6.07) is 3.28. The minimum absolute atomic E-state index is 0.233. The van der Waals surface area contributed by atoms with Gasteiger partial charge in [0.25, 0.3) is 5.91 Å². The van der Waals surface area contributed by atoms with Gasteiger partial charge in [-0.25, -0.2) is 4.79 Å². The standard InChI is InChI=1S/C14H17NO5/c1-20-14(19)10-4-2-3-7-15(10)13(18)9-5-6-11(16)12(17)8-9/h5-6,8,10,16-17H,2-4,7H2,1H3/t10-/m1/s1. The van der Waals surface area contributed by atoms with Gasteiger partial charge in [-0.2, -0.15) is 0 Å². The highest BCUT2D eigenvalue weighted by Crippen LogP contribution is 2.27. The lowest BCUT2D eigenvalue weighted by Crippen LogP contribution is -2.48. The molecule has 0 aromatic heterocycles. The van der Waals surface area contributed by atoms with Crippen molar-refractivity contribution in [2.75, 3.05) is 13.7 Å². The number of piperidine rings is 1. The van der Waals surface area contributed by atoms with Crippen molar-refractivity contribution in [3.8, 4) is 11.5 Å². The molecule has 20 heavy (non-hydrogen) atoms. The molecule has 1 saturated heterocycles. The Morgan fingerprint density at radius 3 is 2.65 bits per heavy atom. The number of benzene rings is 1. The number of nitrogens with zero attached hydrogens (tertiary/aromatic N) is 1. The van der Waals surface area contributed by atoms with E-state index in [2.05, 4.69) is 0 Å². The van der Waals surface area contributed by atoms with Crippen molar-refractivity contribution in [3.63, 3.8) is 0 Å². The van der Waals surface area contributed by atoms with Crippen molar-refractivity contribution in [2.24, 2.45) is 0 Å². The Morgan fingerprint density at radius 1 is 1.25 bits per heavy atom. The van der Waals surface area contributed by atoms with Gasteiger partial charge in [0.2, 0.25) is 0 Å². The molecule has 2 rings (SSSR count). The third-order valence-corrected chi connectivity index (χ3v) is 3.46. The lowest BCUT2D eigenvalue weighted by Gasteiger charge is -2.33. The van der Waals surface area contributed by atoms with Gasteiger partial charge in [0.15, 0.2) is 11.5 Å². The third kappa shape index (κ3) is 2.68. The summed E-state index contributed by atoms with van der Waals surface area (Å²) in [6.07, 6.45) is 2.26. The number of rotatable bonds is 2. The Morgan fingerprint density at radius 2 is 2.00 bits per heavy atom. The first-order valence-electron chi connectivity index (χ1n) is 6.45. The zero-order chi connectivity index (χ0) is 14.7. The van der Waals surface area contributed by atoms with Gasteiger partial charge in [0, 0.05) is 12.1 Å². The predicted octanol–water partition coefficient (Wildman–Crippen LogP) is 1.27. The van der Waals surface area contributed by atoms with Crippen LogP contribution in [-0.2, 0) is 9.53 Å². The molecule has 0 unspecified atom stereocenters. The molecule has 1 aromatic rings. The largest absolute Gasteiger partial charge is 0.504 e. The number of phenols is 2. The normalized spacial score (nSPS) is 18.6. The maximum Gasteiger partial charge on any atom is 0.328 e. The molecule has 1 atom stereocenters. The smallest absolute Gasteiger partial charge is 0.328 e. The quantitative estimate of drug-likeness (QED) is 0.628. The van der Waals surface area contributed by atoms with E-state index in [1.807, 2.05) is 0 Å². The van der Waals surface area contributed by atoms with Gasteiger partial charge in [0.1, 0.15) is 6.04 Å². The second kappa shape index (κ2) is 5.81. The van der Waals surface area contributed by atoms with Crippen LogP contribution in [0, 0.1) is 0 Å². The number of ether oxygens (including phenoxy) is 1.